The molecular weight excluding hydrogens is 306 g/mol. The molecule has 2 aliphatic heterocycles. The molecule has 2 aliphatic rings. The predicted octanol–water partition coefficient (Wildman–Crippen LogP) is 2.19. The van der Waals surface area contributed by atoms with E-state index in [0.717, 1.165) is 16.8 Å². The van der Waals surface area contributed by atoms with Gasteiger partial charge in [-0.05, 0) is 24.0 Å². The Morgan fingerprint density at radius 1 is 1.38 bits per heavy atom. The van der Waals surface area contributed by atoms with E-state index in [1.807, 2.05) is 19.1 Å². The molecule has 0 spiro atoms. The molecule has 1 aromatic carbocycles. The third kappa shape index (κ3) is 3.38. The third-order valence-corrected chi connectivity index (χ3v) is 4.76. The van der Waals surface area contributed by atoms with Crippen molar-refractivity contribution in [3.63, 3.8) is 0 Å². The number of benzene rings is 1. The molecule has 0 aromatic heterocycles. The van der Waals surface area contributed by atoms with Crippen LogP contribution in [-0.2, 0) is 9.53 Å². The van der Waals surface area contributed by atoms with Gasteiger partial charge in [-0.3, -0.25) is 14.6 Å². The van der Waals surface area contributed by atoms with Crippen LogP contribution in [0.4, 0.5) is 10.5 Å². The van der Waals surface area contributed by atoms with E-state index in [9.17, 15) is 9.59 Å². The first kappa shape index (κ1) is 16.8. The third-order valence-electron chi connectivity index (χ3n) is 4.76. The Morgan fingerprint density at radius 3 is 2.92 bits per heavy atom. The maximum Gasteiger partial charge on any atom is 0.410 e. The number of aryl methyl sites for hydroxylation is 1. The molecule has 24 heavy (non-hydrogen) atoms. The Hall–Kier alpha value is -2.08. The number of fused-ring (bicyclic) bond motifs is 1. The normalized spacial score (nSPS) is 20.9. The molecule has 1 N–H and O–H groups in total. The SMILES string of the molecule is Cc1cccc(C(C)C)c1NC(=O)CN1CCN2C(=O)OCC2C1. The lowest BCUT2D eigenvalue weighted by atomic mass is 9.98. The van der Waals surface area contributed by atoms with Gasteiger partial charge in [-0.2, -0.15) is 0 Å². The van der Waals surface area contributed by atoms with E-state index in [1.165, 1.54) is 0 Å². The van der Waals surface area contributed by atoms with Gasteiger partial charge in [0, 0.05) is 25.3 Å². The average Bonchev–Trinajstić information content (AvgIpc) is 2.90. The highest BCUT2D eigenvalue weighted by Gasteiger charge is 2.37. The summed E-state index contributed by atoms with van der Waals surface area (Å²) in [6, 6.07) is 6.18. The molecule has 6 nitrogen and oxygen atoms in total. The molecule has 2 saturated heterocycles. The molecule has 2 heterocycles. The van der Waals surface area contributed by atoms with Crippen LogP contribution in [0.5, 0.6) is 0 Å². The molecule has 6 heteroatoms. The summed E-state index contributed by atoms with van der Waals surface area (Å²) in [6.45, 7) is 9.03. The Bertz CT molecular complexity index is 644. The van der Waals surface area contributed by atoms with Gasteiger partial charge in [-0.25, -0.2) is 4.79 Å². The summed E-state index contributed by atoms with van der Waals surface area (Å²) in [4.78, 5) is 27.9. The van der Waals surface area contributed by atoms with Crippen molar-refractivity contribution in [3.8, 4) is 0 Å². The fraction of sp³-hybridized carbons (Fsp3) is 0.556. The Kier molecular flexibility index (Phi) is 4.76. The molecule has 1 atom stereocenters. The molecule has 0 radical (unpaired) electrons. The van der Waals surface area contributed by atoms with Gasteiger partial charge in [-0.15, -0.1) is 0 Å². The summed E-state index contributed by atoms with van der Waals surface area (Å²) in [5.74, 6) is 0.343. The van der Waals surface area contributed by atoms with Crippen LogP contribution < -0.4 is 5.32 Å². The van der Waals surface area contributed by atoms with Crippen LogP contribution >= 0.6 is 0 Å². The van der Waals surface area contributed by atoms with E-state index in [2.05, 4.69) is 30.1 Å². The second-order valence-corrected chi connectivity index (χ2v) is 6.90. The zero-order valence-corrected chi connectivity index (χ0v) is 14.5. The van der Waals surface area contributed by atoms with Crippen molar-refractivity contribution in [2.45, 2.75) is 32.7 Å². The number of nitrogens with zero attached hydrogens (tertiary/aromatic N) is 2. The number of anilines is 1. The first-order valence-electron chi connectivity index (χ1n) is 8.51. The fourth-order valence-electron chi connectivity index (χ4n) is 3.42. The number of piperazine rings is 1. The Morgan fingerprint density at radius 2 is 2.17 bits per heavy atom. The molecule has 0 bridgehead atoms. The lowest BCUT2D eigenvalue weighted by molar-refractivity contribution is -0.117. The number of nitrogens with one attached hydrogen (secondary N) is 1. The van der Waals surface area contributed by atoms with Crippen LogP contribution in [-0.4, -0.2) is 60.6 Å². The minimum Gasteiger partial charge on any atom is -0.447 e. The zero-order chi connectivity index (χ0) is 17.3. The first-order chi connectivity index (χ1) is 11.5. The van der Waals surface area contributed by atoms with Crippen molar-refractivity contribution in [1.29, 1.82) is 0 Å². The maximum atomic E-state index is 12.5. The summed E-state index contributed by atoms with van der Waals surface area (Å²) in [5, 5.41) is 3.08. The summed E-state index contributed by atoms with van der Waals surface area (Å²) >= 11 is 0. The van der Waals surface area contributed by atoms with E-state index in [4.69, 9.17) is 4.74 Å². The fourth-order valence-corrected chi connectivity index (χ4v) is 3.42. The van der Waals surface area contributed by atoms with E-state index in [-0.39, 0.29) is 18.0 Å². The van der Waals surface area contributed by atoms with Crippen molar-refractivity contribution in [2.24, 2.45) is 0 Å². The van der Waals surface area contributed by atoms with E-state index < -0.39 is 0 Å². The number of rotatable bonds is 4. The molecule has 2 amide bonds. The second-order valence-electron chi connectivity index (χ2n) is 6.90. The van der Waals surface area contributed by atoms with Gasteiger partial charge >= 0.3 is 6.09 Å². The molecule has 1 aromatic rings. The Labute approximate surface area is 142 Å². The number of carbonyl (C=O) groups is 2. The monoisotopic (exact) mass is 331 g/mol. The number of carbonyl (C=O) groups excluding carboxylic acids is 2. The van der Waals surface area contributed by atoms with Gasteiger partial charge in [-0.1, -0.05) is 32.0 Å². The summed E-state index contributed by atoms with van der Waals surface area (Å²) in [7, 11) is 0. The molecule has 0 saturated carbocycles. The van der Waals surface area contributed by atoms with Crippen LogP contribution in [0.3, 0.4) is 0 Å². The van der Waals surface area contributed by atoms with Crippen molar-refractivity contribution in [2.75, 3.05) is 38.1 Å². The largest absolute Gasteiger partial charge is 0.447 e. The van der Waals surface area contributed by atoms with Gasteiger partial charge < -0.3 is 10.1 Å². The second kappa shape index (κ2) is 6.81. The predicted molar refractivity (Wildman–Crippen MR) is 92.2 cm³/mol. The molecule has 0 aliphatic carbocycles. The maximum absolute atomic E-state index is 12.5. The van der Waals surface area contributed by atoms with Gasteiger partial charge in [0.2, 0.25) is 5.91 Å². The lowest BCUT2D eigenvalue weighted by Gasteiger charge is -2.34. The van der Waals surface area contributed by atoms with Crippen molar-refractivity contribution in [1.82, 2.24) is 9.80 Å². The van der Waals surface area contributed by atoms with Crippen LogP contribution in [0.2, 0.25) is 0 Å². The minimum atomic E-state index is -0.231. The molecule has 1 unspecified atom stereocenters. The van der Waals surface area contributed by atoms with Crippen molar-refractivity contribution < 1.29 is 14.3 Å². The molecular formula is C18H25N3O3. The number of para-hydroxylation sites is 1. The number of amides is 2. The zero-order valence-electron chi connectivity index (χ0n) is 14.5. The van der Waals surface area contributed by atoms with Crippen LogP contribution in [0.15, 0.2) is 18.2 Å². The number of ether oxygens (including phenoxy) is 1. The van der Waals surface area contributed by atoms with E-state index >= 15 is 0 Å². The summed E-state index contributed by atoms with van der Waals surface area (Å²) < 4.78 is 5.07. The van der Waals surface area contributed by atoms with Gasteiger partial charge in [0.15, 0.2) is 0 Å². The highest BCUT2D eigenvalue weighted by molar-refractivity contribution is 5.94. The Balaban J connectivity index is 1.62. The average molecular weight is 331 g/mol. The van der Waals surface area contributed by atoms with Crippen LogP contribution in [0, 0.1) is 6.92 Å². The summed E-state index contributed by atoms with van der Waals surface area (Å²) in [5.41, 5.74) is 3.16. The van der Waals surface area contributed by atoms with Crippen molar-refractivity contribution >= 4 is 17.7 Å². The summed E-state index contributed by atoms with van der Waals surface area (Å²) in [6.07, 6.45) is -0.231. The number of hydrogen-bond donors (Lipinski definition) is 1. The topological polar surface area (TPSA) is 61.9 Å². The molecule has 130 valence electrons. The van der Waals surface area contributed by atoms with Gasteiger partial charge in [0.05, 0.1) is 12.6 Å². The standard InChI is InChI=1S/C18H25N3O3/c1-12(2)15-6-4-5-13(3)17(15)19-16(22)10-20-7-8-21-14(9-20)11-24-18(21)23/h4-6,12,14H,7-11H2,1-3H3,(H,19,22). The van der Waals surface area contributed by atoms with Gasteiger partial charge in [0.25, 0.3) is 0 Å². The minimum absolute atomic E-state index is 0.00936. The van der Waals surface area contributed by atoms with Crippen LogP contribution in [0.1, 0.15) is 30.9 Å². The lowest BCUT2D eigenvalue weighted by Crippen LogP contribution is -2.53. The quantitative estimate of drug-likeness (QED) is 0.919. The first-order valence-corrected chi connectivity index (χ1v) is 8.51. The molecule has 3 rings (SSSR count). The van der Waals surface area contributed by atoms with E-state index in [1.54, 1.807) is 4.90 Å². The smallest absolute Gasteiger partial charge is 0.410 e. The molecule has 2 fully saturated rings. The van der Waals surface area contributed by atoms with E-state index in [0.29, 0.717) is 38.7 Å². The van der Waals surface area contributed by atoms with Crippen molar-refractivity contribution in [3.05, 3.63) is 29.3 Å². The number of cyclic esters (lactones) is 1. The highest BCUT2D eigenvalue weighted by atomic mass is 16.6. The highest BCUT2D eigenvalue weighted by Crippen LogP contribution is 2.27. The van der Waals surface area contributed by atoms with Gasteiger partial charge in [0.1, 0.15) is 6.61 Å². The number of hydrogen-bond acceptors (Lipinski definition) is 4. The van der Waals surface area contributed by atoms with Crippen LogP contribution in [0.25, 0.3) is 0 Å².